The maximum Gasteiger partial charge on any atom is 0.192 e. The third-order valence-corrected chi connectivity index (χ3v) is 3.49. The van der Waals surface area contributed by atoms with Crippen LogP contribution in [0.3, 0.4) is 0 Å². The second-order valence-electron chi connectivity index (χ2n) is 4.13. The molecule has 2 rings (SSSR count). The number of nitrogen functional groups attached to an aromatic ring is 2. The van der Waals surface area contributed by atoms with Gasteiger partial charge in [-0.05, 0) is 31.2 Å². The molecule has 104 valence electrons. The van der Waals surface area contributed by atoms with Gasteiger partial charge < -0.3 is 11.5 Å². The third-order valence-electron chi connectivity index (χ3n) is 2.53. The van der Waals surface area contributed by atoms with Crippen LogP contribution < -0.4 is 11.5 Å². The number of hydrogen-bond donors (Lipinski definition) is 2. The Morgan fingerprint density at radius 2 is 1.75 bits per heavy atom. The van der Waals surface area contributed by atoms with E-state index in [4.69, 9.17) is 11.5 Å². The van der Waals surface area contributed by atoms with Crippen molar-refractivity contribution < 1.29 is 9.18 Å². The number of aromatic nitrogens is 2. The summed E-state index contributed by atoms with van der Waals surface area (Å²) in [5.74, 6) is -0.0174. The van der Waals surface area contributed by atoms with Crippen LogP contribution in [-0.4, -0.2) is 21.0 Å². The van der Waals surface area contributed by atoms with Crippen molar-refractivity contribution in [2.45, 2.75) is 17.3 Å². The second-order valence-corrected chi connectivity index (χ2v) is 5.44. The molecule has 20 heavy (non-hydrogen) atoms. The Hall–Kier alpha value is -2.15. The number of thioether (sulfide) groups is 1. The molecular formula is C13H13FN4OS. The zero-order valence-corrected chi connectivity index (χ0v) is 11.5. The number of Topliss-reactive ketones (excluding diaryl/α,β-unsaturated/α-hetero) is 1. The molecule has 5 nitrogen and oxygen atoms in total. The van der Waals surface area contributed by atoms with Crippen LogP contribution >= 0.6 is 11.8 Å². The highest BCUT2D eigenvalue weighted by Crippen LogP contribution is 2.24. The van der Waals surface area contributed by atoms with Gasteiger partial charge in [-0.25, -0.2) is 14.4 Å². The predicted molar refractivity (Wildman–Crippen MR) is 76.9 cm³/mol. The lowest BCUT2D eigenvalue weighted by Crippen LogP contribution is -2.14. The van der Waals surface area contributed by atoms with Gasteiger partial charge >= 0.3 is 0 Å². The summed E-state index contributed by atoms with van der Waals surface area (Å²) < 4.78 is 12.8. The van der Waals surface area contributed by atoms with E-state index in [1.807, 2.05) is 0 Å². The zero-order chi connectivity index (χ0) is 14.7. The van der Waals surface area contributed by atoms with Gasteiger partial charge in [0, 0.05) is 11.6 Å². The largest absolute Gasteiger partial charge is 0.383 e. The number of rotatable bonds is 4. The SMILES string of the molecule is CC(Sc1nc(N)cc(N)n1)C(=O)c1ccc(F)cc1. The summed E-state index contributed by atoms with van der Waals surface area (Å²) in [5.41, 5.74) is 11.6. The van der Waals surface area contributed by atoms with E-state index in [1.165, 1.54) is 30.3 Å². The molecule has 0 amide bonds. The summed E-state index contributed by atoms with van der Waals surface area (Å²) in [6.07, 6.45) is 0. The van der Waals surface area contributed by atoms with Crippen LogP contribution in [0.2, 0.25) is 0 Å². The molecule has 4 N–H and O–H groups in total. The number of hydrogen-bond acceptors (Lipinski definition) is 6. The first-order valence-electron chi connectivity index (χ1n) is 5.82. The van der Waals surface area contributed by atoms with Crippen LogP contribution in [-0.2, 0) is 0 Å². The van der Waals surface area contributed by atoms with E-state index in [9.17, 15) is 9.18 Å². The second kappa shape index (κ2) is 5.87. The number of carbonyl (C=O) groups excluding carboxylic acids is 1. The standard InChI is InChI=1S/C13H13FN4OS/c1-7(12(19)8-2-4-9(14)5-3-8)20-13-17-10(15)6-11(16)18-13/h2-7H,1H3,(H4,15,16,17,18). The summed E-state index contributed by atoms with van der Waals surface area (Å²) in [5, 5.41) is -0.0906. The minimum Gasteiger partial charge on any atom is -0.383 e. The molecule has 2 aromatic rings. The smallest absolute Gasteiger partial charge is 0.192 e. The van der Waals surface area contributed by atoms with Crippen LogP contribution in [0, 0.1) is 5.82 Å². The lowest BCUT2D eigenvalue weighted by Gasteiger charge is -2.09. The Balaban J connectivity index is 2.13. The van der Waals surface area contributed by atoms with E-state index >= 15 is 0 Å². The summed E-state index contributed by atoms with van der Waals surface area (Å²) in [6.45, 7) is 1.72. The molecule has 0 saturated heterocycles. The quantitative estimate of drug-likeness (QED) is 0.509. The molecule has 7 heteroatoms. The minimum absolute atomic E-state index is 0.139. The normalized spacial score (nSPS) is 12.1. The van der Waals surface area contributed by atoms with E-state index in [0.717, 1.165) is 11.8 Å². The molecule has 0 fully saturated rings. The molecule has 0 aliphatic heterocycles. The molecule has 0 spiro atoms. The van der Waals surface area contributed by atoms with Gasteiger partial charge in [-0.1, -0.05) is 11.8 Å². The molecule has 1 aromatic carbocycles. The number of benzene rings is 1. The predicted octanol–water partition coefficient (Wildman–Crippen LogP) is 2.14. The van der Waals surface area contributed by atoms with Crippen LogP contribution in [0.4, 0.5) is 16.0 Å². The molecule has 1 aromatic heterocycles. The summed E-state index contributed by atoms with van der Waals surface area (Å²) in [6, 6.07) is 6.84. The van der Waals surface area contributed by atoms with Crippen LogP contribution in [0.5, 0.6) is 0 Å². The van der Waals surface area contributed by atoms with E-state index in [2.05, 4.69) is 9.97 Å². The number of anilines is 2. The zero-order valence-electron chi connectivity index (χ0n) is 10.7. The van der Waals surface area contributed by atoms with Crippen molar-refractivity contribution >= 4 is 29.2 Å². The van der Waals surface area contributed by atoms with Crippen molar-refractivity contribution in [3.63, 3.8) is 0 Å². The van der Waals surface area contributed by atoms with Crippen LogP contribution in [0.15, 0.2) is 35.5 Å². The van der Waals surface area contributed by atoms with Gasteiger partial charge in [0.05, 0.1) is 5.25 Å². The molecule has 0 saturated carbocycles. The maximum atomic E-state index is 12.8. The van der Waals surface area contributed by atoms with Crippen molar-refractivity contribution in [1.82, 2.24) is 9.97 Å². The lowest BCUT2D eigenvalue weighted by molar-refractivity contribution is 0.0994. The Labute approximate surface area is 119 Å². The molecule has 0 aliphatic rings. The van der Waals surface area contributed by atoms with Gasteiger partial charge in [-0.2, -0.15) is 0 Å². The fourth-order valence-electron chi connectivity index (χ4n) is 1.58. The Morgan fingerprint density at radius 3 is 2.30 bits per heavy atom. The van der Waals surface area contributed by atoms with Gasteiger partial charge in [0.25, 0.3) is 0 Å². The van der Waals surface area contributed by atoms with Crippen molar-refractivity contribution in [2.75, 3.05) is 11.5 Å². The highest BCUT2D eigenvalue weighted by Gasteiger charge is 2.18. The fraction of sp³-hybridized carbons (Fsp3) is 0.154. The van der Waals surface area contributed by atoms with Gasteiger partial charge in [0.15, 0.2) is 10.9 Å². The fourth-order valence-corrected chi connectivity index (χ4v) is 2.45. The number of carbonyl (C=O) groups is 1. The first-order chi connectivity index (χ1) is 9.45. The van der Waals surface area contributed by atoms with Gasteiger partial charge in [0.2, 0.25) is 0 Å². The Morgan fingerprint density at radius 1 is 1.20 bits per heavy atom. The average Bonchev–Trinajstić information content (AvgIpc) is 2.37. The van der Waals surface area contributed by atoms with E-state index in [-0.39, 0.29) is 23.2 Å². The molecule has 0 bridgehead atoms. The number of nitrogens with zero attached hydrogens (tertiary/aromatic N) is 2. The lowest BCUT2D eigenvalue weighted by atomic mass is 10.1. The summed E-state index contributed by atoms with van der Waals surface area (Å²) in [4.78, 5) is 20.2. The molecule has 0 radical (unpaired) electrons. The Bertz CT molecular complexity index is 613. The third kappa shape index (κ3) is 3.45. The number of nitrogens with two attached hydrogens (primary N) is 2. The first kappa shape index (κ1) is 14.3. The molecule has 1 heterocycles. The highest BCUT2D eigenvalue weighted by molar-refractivity contribution is 8.00. The van der Waals surface area contributed by atoms with Crippen molar-refractivity contribution in [2.24, 2.45) is 0 Å². The van der Waals surface area contributed by atoms with Crippen LogP contribution in [0.25, 0.3) is 0 Å². The van der Waals surface area contributed by atoms with Crippen molar-refractivity contribution in [3.8, 4) is 0 Å². The Kier molecular flexibility index (Phi) is 4.19. The topological polar surface area (TPSA) is 94.9 Å². The molecule has 1 atom stereocenters. The number of ketones is 1. The van der Waals surface area contributed by atoms with Gasteiger partial charge in [-0.3, -0.25) is 4.79 Å². The monoisotopic (exact) mass is 292 g/mol. The number of halogens is 1. The van der Waals surface area contributed by atoms with Crippen molar-refractivity contribution in [1.29, 1.82) is 0 Å². The van der Waals surface area contributed by atoms with Gasteiger partial charge in [0.1, 0.15) is 17.5 Å². The van der Waals surface area contributed by atoms with E-state index < -0.39 is 5.25 Å². The maximum absolute atomic E-state index is 12.8. The minimum atomic E-state index is -0.429. The van der Waals surface area contributed by atoms with E-state index in [1.54, 1.807) is 6.92 Å². The molecule has 0 aliphatic carbocycles. The molecular weight excluding hydrogens is 279 g/mol. The summed E-state index contributed by atoms with van der Waals surface area (Å²) >= 11 is 1.15. The first-order valence-corrected chi connectivity index (χ1v) is 6.70. The van der Waals surface area contributed by atoms with E-state index in [0.29, 0.717) is 10.7 Å². The summed E-state index contributed by atoms with van der Waals surface area (Å²) in [7, 11) is 0. The van der Waals surface area contributed by atoms with Gasteiger partial charge in [-0.15, -0.1) is 0 Å². The van der Waals surface area contributed by atoms with Crippen LogP contribution in [0.1, 0.15) is 17.3 Å². The highest BCUT2D eigenvalue weighted by atomic mass is 32.2. The average molecular weight is 292 g/mol. The molecule has 1 unspecified atom stereocenters. The van der Waals surface area contributed by atoms with Crippen molar-refractivity contribution in [3.05, 3.63) is 41.7 Å².